The van der Waals surface area contributed by atoms with E-state index >= 15 is 0 Å². The molecule has 2 rings (SSSR count). The van der Waals surface area contributed by atoms with E-state index in [0.717, 1.165) is 10.8 Å². The first-order chi connectivity index (χ1) is 4.47. The number of thiazole rings is 1. The van der Waals surface area contributed by atoms with Crippen molar-refractivity contribution in [2.75, 3.05) is 5.43 Å². The van der Waals surface area contributed by atoms with Crippen LogP contribution in [-0.2, 0) is 0 Å². The van der Waals surface area contributed by atoms with Crippen LogP contribution in [0.5, 0.6) is 0 Å². The highest BCUT2D eigenvalue weighted by Crippen LogP contribution is 2.27. The van der Waals surface area contributed by atoms with Crippen molar-refractivity contribution in [3.8, 4) is 0 Å². The van der Waals surface area contributed by atoms with E-state index in [9.17, 15) is 0 Å². The van der Waals surface area contributed by atoms with Gasteiger partial charge in [-0.3, -0.25) is 10.9 Å². The Labute approximate surface area is 55.6 Å². The highest BCUT2D eigenvalue weighted by Gasteiger charge is 2.04. The van der Waals surface area contributed by atoms with Gasteiger partial charge in [-0.1, -0.05) is 0 Å². The van der Waals surface area contributed by atoms with Crippen molar-refractivity contribution in [3.63, 3.8) is 0 Å². The number of hydrogen-bond donors (Lipinski definition) is 2. The lowest BCUT2D eigenvalue weighted by atomic mass is 10.7. The number of rotatable bonds is 0. The summed E-state index contributed by atoms with van der Waals surface area (Å²) in [5.74, 6) is 0.763. The van der Waals surface area contributed by atoms with Gasteiger partial charge in [0, 0.05) is 0 Å². The van der Waals surface area contributed by atoms with Gasteiger partial charge in [-0.05, 0) is 0 Å². The van der Waals surface area contributed by atoms with Crippen LogP contribution in [0.2, 0.25) is 0 Å². The van der Waals surface area contributed by atoms with Crippen LogP contribution in [0.25, 0.3) is 0 Å². The molecule has 1 aromatic rings. The zero-order valence-corrected chi connectivity index (χ0v) is 5.27. The predicted molar refractivity (Wildman–Crippen MR) is 37.0 cm³/mol. The van der Waals surface area contributed by atoms with Gasteiger partial charge in [0.1, 0.15) is 6.34 Å². The molecule has 1 aliphatic heterocycles. The Hall–Kier alpha value is -1.10. The third kappa shape index (κ3) is 0.655. The van der Waals surface area contributed by atoms with E-state index in [1.54, 1.807) is 11.8 Å². The summed E-state index contributed by atoms with van der Waals surface area (Å²) in [6, 6.07) is 0. The summed E-state index contributed by atoms with van der Waals surface area (Å²) in [6.07, 6.45) is 1.57. The summed E-state index contributed by atoms with van der Waals surface area (Å²) in [5.41, 5.74) is 7.41. The van der Waals surface area contributed by atoms with Crippen LogP contribution < -0.4 is 10.9 Å². The summed E-state index contributed by atoms with van der Waals surface area (Å²) in [5, 5.41) is 0.970. The van der Waals surface area contributed by atoms with Crippen LogP contribution in [0.4, 0.5) is 10.8 Å². The normalized spacial score (nSPS) is 13.8. The molecule has 2 N–H and O–H groups in total. The van der Waals surface area contributed by atoms with Crippen LogP contribution in [0.1, 0.15) is 0 Å². The molecule has 0 fully saturated rings. The van der Waals surface area contributed by atoms with Crippen LogP contribution in [0.15, 0.2) is 10.5 Å². The summed E-state index contributed by atoms with van der Waals surface area (Å²) < 4.78 is 0. The molecule has 1 aliphatic rings. The number of aromatic nitrogens is 1. The van der Waals surface area contributed by atoms with Crippen molar-refractivity contribution in [2.24, 2.45) is 4.99 Å². The van der Waals surface area contributed by atoms with E-state index < -0.39 is 0 Å². The van der Waals surface area contributed by atoms with Crippen LogP contribution in [0, 0.1) is 0 Å². The van der Waals surface area contributed by atoms with Crippen molar-refractivity contribution < 1.29 is 0 Å². The Kier molecular flexibility index (Phi) is 0.895. The van der Waals surface area contributed by atoms with E-state index in [1.165, 1.54) is 11.3 Å². The van der Waals surface area contributed by atoms with Crippen molar-refractivity contribution in [2.45, 2.75) is 0 Å². The summed E-state index contributed by atoms with van der Waals surface area (Å²) >= 11 is 1.53. The minimum atomic E-state index is 0.763. The maximum Gasteiger partial charge on any atom is 0.190 e. The topological polar surface area (TPSA) is 49.3 Å². The molecule has 0 unspecified atom stereocenters. The molecule has 46 valence electrons. The molecule has 0 atom stereocenters. The lowest BCUT2D eigenvalue weighted by Crippen LogP contribution is -2.20. The third-order valence-corrected chi connectivity index (χ3v) is 1.72. The number of aliphatic imine (C=N–C) groups is 1. The Morgan fingerprint density at radius 2 is 2.56 bits per heavy atom. The van der Waals surface area contributed by atoms with E-state index in [-0.39, 0.29) is 0 Å². The summed E-state index contributed by atoms with van der Waals surface area (Å²) in [4.78, 5) is 7.93. The minimum absolute atomic E-state index is 0.763. The zero-order chi connectivity index (χ0) is 6.10. The van der Waals surface area contributed by atoms with Gasteiger partial charge in [0.15, 0.2) is 10.8 Å². The Balaban J connectivity index is 2.53. The number of nitrogens with zero attached hydrogens (tertiary/aromatic N) is 2. The average molecular weight is 140 g/mol. The molecule has 0 spiro atoms. The zero-order valence-electron chi connectivity index (χ0n) is 4.46. The first-order valence-electron chi connectivity index (χ1n) is 2.44. The van der Waals surface area contributed by atoms with Gasteiger partial charge in [0.25, 0.3) is 0 Å². The highest BCUT2D eigenvalue weighted by atomic mass is 32.1. The van der Waals surface area contributed by atoms with E-state index in [2.05, 4.69) is 20.8 Å². The molecular weight excluding hydrogens is 136 g/mol. The smallest absolute Gasteiger partial charge is 0.190 e. The summed E-state index contributed by atoms with van der Waals surface area (Å²) in [7, 11) is 0. The van der Waals surface area contributed by atoms with Crippen LogP contribution in [0.3, 0.4) is 0 Å². The fourth-order valence-electron chi connectivity index (χ4n) is 0.609. The molecule has 0 saturated heterocycles. The van der Waals surface area contributed by atoms with Gasteiger partial charge < -0.3 is 0 Å². The van der Waals surface area contributed by atoms with Crippen molar-refractivity contribution in [1.82, 2.24) is 10.4 Å². The molecule has 0 bridgehead atoms. The quantitative estimate of drug-likeness (QED) is 0.558. The first kappa shape index (κ1) is 4.75. The fourth-order valence-corrected chi connectivity index (χ4v) is 1.20. The number of fused-ring (bicyclic) bond motifs is 1. The molecule has 0 saturated carbocycles. The van der Waals surface area contributed by atoms with Crippen molar-refractivity contribution >= 4 is 28.5 Å². The average Bonchev–Trinajstić information content (AvgIpc) is 2.33. The first-order valence-corrected chi connectivity index (χ1v) is 3.32. The SMILES string of the molecule is C1=Nc2ncsc2NN1. The molecule has 0 aromatic carbocycles. The molecular formula is C4H4N4S. The lowest BCUT2D eigenvalue weighted by Gasteiger charge is -2.05. The van der Waals surface area contributed by atoms with Crippen molar-refractivity contribution in [1.29, 1.82) is 0 Å². The summed E-state index contributed by atoms with van der Waals surface area (Å²) in [6.45, 7) is 0. The molecule has 0 radical (unpaired) electrons. The van der Waals surface area contributed by atoms with E-state index in [0.29, 0.717) is 0 Å². The van der Waals surface area contributed by atoms with Crippen molar-refractivity contribution in [3.05, 3.63) is 5.51 Å². The van der Waals surface area contributed by atoms with Gasteiger partial charge in [0.05, 0.1) is 5.51 Å². The predicted octanol–water partition coefficient (Wildman–Crippen LogP) is 0.733. The highest BCUT2D eigenvalue weighted by molar-refractivity contribution is 7.14. The maximum absolute atomic E-state index is 3.97. The second-order valence-electron chi connectivity index (χ2n) is 1.53. The van der Waals surface area contributed by atoms with Gasteiger partial charge >= 0.3 is 0 Å². The number of anilines is 1. The van der Waals surface area contributed by atoms with E-state index in [4.69, 9.17) is 0 Å². The number of hydrogen-bond acceptors (Lipinski definition) is 5. The molecule has 0 aliphatic carbocycles. The second kappa shape index (κ2) is 1.70. The maximum atomic E-state index is 3.97. The molecule has 4 nitrogen and oxygen atoms in total. The minimum Gasteiger partial charge on any atom is -0.289 e. The van der Waals surface area contributed by atoms with Crippen LogP contribution in [-0.4, -0.2) is 11.3 Å². The Morgan fingerprint density at radius 3 is 3.44 bits per heavy atom. The second-order valence-corrected chi connectivity index (χ2v) is 2.39. The van der Waals surface area contributed by atoms with E-state index in [1.807, 2.05) is 0 Å². The molecule has 0 amide bonds. The fraction of sp³-hybridized carbons (Fsp3) is 0. The third-order valence-electron chi connectivity index (χ3n) is 0.986. The van der Waals surface area contributed by atoms with Gasteiger partial charge in [0.2, 0.25) is 0 Å². The standard InChI is InChI=1S/C4H4N4S/c1-5-3-4(8-7-1)9-2-6-3/h1-2,8H,(H,5,7). The molecule has 2 heterocycles. The monoisotopic (exact) mass is 140 g/mol. The van der Waals surface area contributed by atoms with Gasteiger partial charge in [-0.15, -0.1) is 11.3 Å². The number of hydrazine groups is 1. The van der Waals surface area contributed by atoms with Gasteiger partial charge in [-0.2, -0.15) is 0 Å². The lowest BCUT2D eigenvalue weighted by molar-refractivity contribution is 1.12. The van der Waals surface area contributed by atoms with Gasteiger partial charge in [-0.25, -0.2) is 9.98 Å². The Morgan fingerprint density at radius 1 is 1.56 bits per heavy atom. The number of nitrogens with one attached hydrogen (secondary N) is 2. The van der Waals surface area contributed by atoms with Crippen LogP contribution >= 0.6 is 11.3 Å². The largest absolute Gasteiger partial charge is 0.289 e. The molecule has 5 heteroatoms. The molecule has 9 heavy (non-hydrogen) atoms. The molecule has 1 aromatic heterocycles. The Bertz CT molecular complexity index is 240.